The van der Waals surface area contributed by atoms with Gasteiger partial charge in [-0.2, -0.15) is 0 Å². The van der Waals surface area contributed by atoms with Gasteiger partial charge in [-0.05, 0) is 358 Å². The third-order valence-electron chi connectivity index (χ3n) is 40.2. The van der Waals surface area contributed by atoms with E-state index in [1.54, 1.807) is 0 Å². The van der Waals surface area contributed by atoms with Crippen molar-refractivity contribution in [1.29, 1.82) is 0 Å². The van der Waals surface area contributed by atoms with Crippen LogP contribution >= 0.6 is 0 Å². The summed E-state index contributed by atoms with van der Waals surface area (Å²) in [5.74, 6) is 9.58. The van der Waals surface area contributed by atoms with Gasteiger partial charge >= 0.3 is 0 Å². The van der Waals surface area contributed by atoms with Gasteiger partial charge in [-0.1, -0.05) is 188 Å². The van der Waals surface area contributed by atoms with E-state index >= 15 is 0 Å². The van der Waals surface area contributed by atoms with E-state index in [2.05, 4.69) is 171 Å². The molecule has 96 heavy (non-hydrogen) atoms. The fourth-order valence-electron chi connectivity index (χ4n) is 33.1. The molecule has 4 nitrogen and oxygen atoms in total. The molecule has 15 aliphatic rings. The van der Waals surface area contributed by atoms with Crippen LogP contribution in [0, 0.1) is 164 Å². The number of hydrogen-bond donors (Lipinski definition) is 3. The van der Waals surface area contributed by atoms with Crippen LogP contribution in [0.3, 0.4) is 0 Å². The first kappa shape index (κ1) is 74.5. The summed E-state index contributed by atoms with van der Waals surface area (Å²) in [5, 5.41) is 32.7. The van der Waals surface area contributed by atoms with E-state index in [9.17, 15) is 20.1 Å². The van der Waals surface area contributed by atoms with Gasteiger partial charge in [0, 0.05) is 5.41 Å². The zero-order chi connectivity index (χ0) is 69.5. The Kier molecular flexibility index (Phi) is 18.1. The molecule has 0 aromatic rings. The summed E-state index contributed by atoms with van der Waals surface area (Å²) in [5.41, 5.74) is 9.88. The fraction of sp³-hybridized carbons (Fsp3) is 0.924. The predicted molar refractivity (Wildman–Crippen MR) is 404 cm³/mol. The number of aliphatic hydroxyl groups is 3. The molecule has 13 fully saturated rings. The van der Waals surface area contributed by atoms with Crippen molar-refractivity contribution >= 4 is 5.78 Å². The van der Waals surface area contributed by atoms with Gasteiger partial charge in [0.1, 0.15) is 5.78 Å². The Bertz CT molecular complexity index is 3060. The maximum Gasteiger partial charge on any atom is 0.136 e. The fourth-order valence-corrected chi connectivity index (χ4v) is 33.1. The van der Waals surface area contributed by atoms with E-state index in [0.29, 0.717) is 106 Å². The minimum Gasteiger partial charge on any atom is -0.393 e. The van der Waals surface area contributed by atoms with Gasteiger partial charge in [0.05, 0.1) is 18.3 Å². The predicted octanol–water partition coefficient (Wildman–Crippen LogP) is 24.4. The lowest BCUT2D eigenvalue weighted by Gasteiger charge is -2.72. The van der Waals surface area contributed by atoms with Crippen molar-refractivity contribution < 1.29 is 20.1 Å². The monoisotopic (exact) mass is 1320 g/mol. The van der Waals surface area contributed by atoms with Crippen molar-refractivity contribution in [3.05, 3.63) is 35.5 Å². The first-order chi connectivity index (χ1) is 43.8. The third-order valence-corrected chi connectivity index (χ3v) is 40.2. The SMILES string of the molecule is C.C=C(C)[C@@H]1CC[C@]2(C(C)=O)CC[C@]3(C)C(CCC4[C@@]5(C)CC[C@H](O)C(C)(C)C5CC[C@]43C)C12.CC1(C)CC[C@]2(C)CC[C@]3(C)C(=CC[C@@H]4[C@@]5(C)CC[C@H](O)C(C)(C)[C@@H]5CC[C@]43C)[C@@H]2C1.C[C@H]1[C@H](C)CC[C@]2(C)CC[C@]3(C)C(=CC[C@@H]4[C@@]5(C)CC[C@H](O)C(C)(C)[C@@H]5CC[C@]43C)[C@H]12. The maximum atomic E-state index is 13.2. The van der Waals surface area contributed by atoms with Gasteiger partial charge in [-0.25, -0.2) is 0 Å². The second-order valence-electron chi connectivity index (χ2n) is 44.7. The Morgan fingerprint density at radius 1 is 0.427 bits per heavy atom. The molecular weight excluding hydrogens is 1170 g/mol. The molecule has 0 saturated heterocycles. The van der Waals surface area contributed by atoms with Crippen molar-refractivity contribution in [3.8, 4) is 0 Å². The molecule has 0 heterocycles. The molecule has 0 aromatic heterocycles. The minimum atomic E-state index is -0.160. The number of carbonyl (C=O) groups excluding carboxylic acids is 1. The number of rotatable bonds is 2. The lowest BCUT2D eigenvalue weighted by Crippen LogP contribution is -2.67. The largest absolute Gasteiger partial charge is 0.393 e. The van der Waals surface area contributed by atoms with Gasteiger partial charge in [0.15, 0.2) is 0 Å². The summed E-state index contributed by atoms with van der Waals surface area (Å²) in [4.78, 5) is 13.2. The zero-order valence-corrected chi connectivity index (χ0v) is 66.4. The Morgan fingerprint density at radius 3 is 1.36 bits per heavy atom. The second-order valence-corrected chi connectivity index (χ2v) is 44.7. The van der Waals surface area contributed by atoms with Crippen molar-refractivity contribution in [1.82, 2.24) is 0 Å². The number of carbonyl (C=O) groups is 1. The molecule has 4 unspecified atom stereocenters. The zero-order valence-electron chi connectivity index (χ0n) is 66.4. The number of Topliss-reactive ketones (excluding diaryl/α,β-unsaturated/α-hetero) is 1. The lowest BCUT2D eigenvalue weighted by atomic mass is 9.32. The smallest absolute Gasteiger partial charge is 0.136 e. The van der Waals surface area contributed by atoms with Crippen LogP contribution in [0.5, 0.6) is 0 Å². The summed E-state index contributed by atoms with van der Waals surface area (Å²) >= 11 is 0. The maximum absolute atomic E-state index is 13.2. The first-order valence-electron chi connectivity index (χ1n) is 41.4. The summed E-state index contributed by atoms with van der Waals surface area (Å²) in [6.45, 7) is 62.1. The molecule has 0 aliphatic heterocycles. The standard InChI is InChI=1S/C31H50O2.2C30H50O.CH4/c1-19(2)21-11-16-31(20(3)32)18-17-29(7)22(26(21)31)9-10-24-28(6)14-13-25(33)27(4,5)23(28)12-15-30(24,29)8;1-19-11-14-27(5)17-18-29(7)21(25(27)20(19)2)9-10-23-28(6)15-13-24(31)26(3,4)22(28)12-16-30(23,29)8;1-25(2)15-16-27(5)17-18-29(7)20(21(27)19-25)9-10-23-28(6)13-12-24(31)26(3,4)22(28)11-14-30(23,29)8;/h21-26,33H,1,9-18H2,2-8H3;9,19-20,22-25,31H,10-18H2,1-8H3;9,21-24,31H,10-19H2,1-8H3;1H4/t21-,22?,23?,24?,25-,26?,28-,29+,30+,31+;19-,20+,22+,23-,24+,25+,27-,28+,29-,30-;21-,22-,23+,24-,27+,28-,29+,30+;/m010./s1. The normalized spacial score (nSPS) is 55.6. The molecule has 0 bridgehead atoms. The number of allylic oxidation sites excluding steroid dienone is 5. The van der Waals surface area contributed by atoms with Crippen molar-refractivity contribution in [3.63, 3.8) is 0 Å². The van der Waals surface area contributed by atoms with Gasteiger partial charge < -0.3 is 15.3 Å². The van der Waals surface area contributed by atoms with Crippen LogP contribution in [0.4, 0.5) is 0 Å². The average Bonchev–Trinajstić information content (AvgIpc) is 0.951. The van der Waals surface area contributed by atoms with Gasteiger partial charge in [-0.3, -0.25) is 4.79 Å². The molecule has 546 valence electrons. The molecule has 4 heteroatoms. The lowest BCUT2D eigenvalue weighted by molar-refractivity contribution is -0.246. The van der Waals surface area contributed by atoms with E-state index in [0.717, 1.165) is 80.0 Å². The van der Waals surface area contributed by atoms with Crippen molar-refractivity contribution in [2.75, 3.05) is 0 Å². The summed E-state index contributed by atoms with van der Waals surface area (Å²) < 4.78 is 0. The third kappa shape index (κ3) is 9.84. The quantitative estimate of drug-likeness (QED) is 0.241. The Morgan fingerprint density at radius 2 is 0.875 bits per heavy atom. The molecule has 3 N–H and O–H groups in total. The van der Waals surface area contributed by atoms with Gasteiger partial charge in [0.2, 0.25) is 0 Å². The summed E-state index contributed by atoms with van der Waals surface area (Å²) in [7, 11) is 0. The highest BCUT2D eigenvalue weighted by atomic mass is 16.3. The molecule has 0 radical (unpaired) electrons. The Balaban J connectivity index is 0.000000137. The summed E-state index contributed by atoms with van der Waals surface area (Å²) in [6.07, 6.45) is 42.1. The number of ketones is 1. The van der Waals surface area contributed by atoms with Crippen molar-refractivity contribution in [2.45, 2.75) is 371 Å². The van der Waals surface area contributed by atoms with Crippen LogP contribution in [0.15, 0.2) is 35.5 Å². The van der Waals surface area contributed by atoms with E-state index in [1.807, 2.05) is 18.1 Å². The Labute approximate surface area is 592 Å². The van der Waals surface area contributed by atoms with Crippen LogP contribution in [0.2, 0.25) is 0 Å². The molecule has 13 saturated carbocycles. The van der Waals surface area contributed by atoms with Crippen molar-refractivity contribution in [2.24, 2.45) is 164 Å². The van der Waals surface area contributed by atoms with Crippen LogP contribution in [0.25, 0.3) is 0 Å². The molecule has 0 amide bonds. The second kappa shape index (κ2) is 23.4. The van der Waals surface area contributed by atoms with Gasteiger partial charge in [0.25, 0.3) is 0 Å². The molecule has 28 atom stereocenters. The Hall–Kier alpha value is -1.23. The summed E-state index contributed by atoms with van der Waals surface area (Å²) in [6, 6.07) is 0. The first-order valence-corrected chi connectivity index (χ1v) is 41.4. The number of fused-ring (bicyclic) bond motifs is 21. The highest BCUT2D eigenvalue weighted by Crippen LogP contribution is 2.81. The molecular formula is C92H154O4. The number of hydrogen-bond acceptors (Lipinski definition) is 4. The van der Waals surface area contributed by atoms with E-state index in [-0.39, 0.29) is 47.4 Å². The van der Waals surface area contributed by atoms with Crippen LogP contribution in [-0.4, -0.2) is 39.4 Å². The van der Waals surface area contributed by atoms with Crippen LogP contribution in [0.1, 0.15) is 353 Å². The van der Waals surface area contributed by atoms with Gasteiger partial charge in [-0.15, -0.1) is 0 Å². The van der Waals surface area contributed by atoms with E-state index in [1.165, 1.54) is 153 Å². The van der Waals surface area contributed by atoms with Crippen LogP contribution in [-0.2, 0) is 4.79 Å². The topological polar surface area (TPSA) is 77.8 Å². The molecule has 15 aliphatic carbocycles. The highest BCUT2D eigenvalue weighted by Gasteiger charge is 2.74. The average molecular weight is 1320 g/mol. The minimum absolute atomic E-state index is 0. The molecule has 0 aromatic carbocycles. The number of aliphatic hydroxyl groups excluding tert-OH is 3. The van der Waals surface area contributed by atoms with Crippen LogP contribution < -0.4 is 0 Å². The van der Waals surface area contributed by atoms with E-state index in [4.69, 9.17) is 0 Å². The highest BCUT2D eigenvalue weighted by molar-refractivity contribution is 5.83. The molecule has 15 rings (SSSR count). The van der Waals surface area contributed by atoms with E-state index < -0.39 is 0 Å². The molecule has 0 spiro atoms.